The van der Waals surface area contributed by atoms with E-state index in [4.69, 9.17) is 0 Å². The standard InChI is InChI=1S/C11H9F3N2/c1-8-4-2-3-5-9(8)16-7-6-10(15-16)11(12,13)14/h2-7H,1H3. The van der Waals surface area contributed by atoms with Crippen LogP contribution >= 0.6 is 0 Å². The van der Waals surface area contributed by atoms with Crippen LogP contribution in [-0.2, 0) is 6.18 Å². The van der Waals surface area contributed by atoms with E-state index in [-0.39, 0.29) is 0 Å². The SMILES string of the molecule is Cc1ccccc1-n1ccc(C(F)(F)F)n1. The summed E-state index contributed by atoms with van der Waals surface area (Å²) in [7, 11) is 0. The second-order valence-electron chi connectivity index (χ2n) is 3.43. The van der Waals surface area contributed by atoms with Gasteiger partial charge in [0.15, 0.2) is 5.69 Å². The molecule has 0 aliphatic rings. The fourth-order valence-corrected chi connectivity index (χ4v) is 1.43. The van der Waals surface area contributed by atoms with E-state index in [0.717, 1.165) is 11.6 Å². The molecule has 84 valence electrons. The Bertz CT molecular complexity index is 500. The third-order valence-corrected chi connectivity index (χ3v) is 2.24. The molecule has 1 heterocycles. The van der Waals surface area contributed by atoms with E-state index in [9.17, 15) is 13.2 Å². The zero-order chi connectivity index (χ0) is 11.8. The Hall–Kier alpha value is -1.78. The van der Waals surface area contributed by atoms with Crippen LogP contribution in [0.15, 0.2) is 36.5 Å². The summed E-state index contributed by atoms with van der Waals surface area (Å²) >= 11 is 0. The Balaban J connectivity index is 2.44. The quantitative estimate of drug-likeness (QED) is 0.730. The van der Waals surface area contributed by atoms with E-state index < -0.39 is 11.9 Å². The van der Waals surface area contributed by atoms with E-state index in [0.29, 0.717) is 5.69 Å². The molecule has 0 spiro atoms. The molecule has 2 nitrogen and oxygen atoms in total. The lowest BCUT2D eigenvalue weighted by atomic mass is 10.2. The summed E-state index contributed by atoms with van der Waals surface area (Å²) in [5.41, 5.74) is 0.646. The van der Waals surface area contributed by atoms with Crippen LogP contribution in [0.25, 0.3) is 5.69 Å². The van der Waals surface area contributed by atoms with E-state index in [1.165, 1.54) is 10.9 Å². The highest BCUT2D eigenvalue weighted by atomic mass is 19.4. The largest absolute Gasteiger partial charge is 0.435 e. The second-order valence-corrected chi connectivity index (χ2v) is 3.43. The zero-order valence-corrected chi connectivity index (χ0v) is 8.49. The third kappa shape index (κ3) is 1.93. The van der Waals surface area contributed by atoms with Crippen molar-refractivity contribution in [1.29, 1.82) is 0 Å². The highest BCUT2D eigenvalue weighted by Gasteiger charge is 2.33. The molecular formula is C11H9F3N2. The third-order valence-electron chi connectivity index (χ3n) is 2.24. The van der Waals surface area contributed by atoms with Crippen molar-refractivity contribution in [3.05, 3.63) is 47.8 Å². The smallest absolute Gasteiger partial charge is 0.240 e. The minimum Gasteiger partial charge on any atom is -0.240 e. The van der Waals surface area contributed by atoms with E-state index in [2.05, 4.69) is 5.10 Å². The Kier molecular flexibility index (Phi) is 2.46. The molecule has 0 unspecified atom stereocenters. The molecule has 16 heavy (non-hydrogen) atoms. The molecule has 0 saturated heterocycles. The van der Waals surface area contributed by atoms with Gasteiger partial charge in [-0.2, -0.15) is 18.3 Å². The summed E-state index contributed by atoms with van der Waals surface area (Å²) in [5.74, 6) is 0. The predicted octanol–water partition coefficient (Wildman–Crippen LogP) is 3.20. The fraction of sp³-hybridized carbons (Fsp3) is 0.182. The summed E-state index contributed by atoms with van der Waals surface area (Å²) < 4.78 is 38.3. The molecule has 0 aliphatic carbocycles. The first kappa shape index (κ1) is 10.7. The number of hydrogen-bond acceptors (Lipinski definition) is 1. The average molecular weight is 226 g/mol. The number of aromatic nitrogens is 2. The highest BCUT2D eigenvalue weighted by Crippen LogP contribution is 2.28. The first-order valence-electron chi connectivity index (χ1n) is 4.67. The van der Waals surface area contributed by atoms with Crippen LogP contribution in [-0.4, -0.2) is 9.78 Å². The van der Waals surface area contributed by atoms with Gasteiger partial charge in [-0.3, -0.25) is 0 Å². The lowest BCUT2D eigenvalue weighted by Crippen LogP contribution is -2.07. The number of nitrogens with zero attached hydrogens (tertiary/aromatic N) is 2. The first-order chi connectivity index (χ1) is 7.48. The van der Waals surface area contributed by atoms with Crippen molar-refractivity contribution in [2.24, 2.45) is 0 Å². The fourth-order valence-electron chi connectivity index (χ4n) is 1.43. The molecule has 2 rings (SSSR count). The van der Waals surface area contributed by atoms with Gasteiger partial charge in [0.2, 0.25) is 0 Å². The molecule has 0 saturated carbocycles. The summed E-state index contributed by atoms with van der Waals surface area (Å²) in [6.07, 6.45) is -3.08. The lowest BCUT2D eigenvalue weighted by molar-refractivity contribution is -0.141. The van der Waals surface area contributed by atoms with Gasteiger partial charge < -0.3 is 0 Å². The molecule has 0 atom stereocenters. The van der Waals surface area contributed by atoms with Gasteiger partial charge in [0.25, 0.3) is 0 Å². The van der Waals surface area contributed by atoms with E-state index in [1.54, 1.807) is 12.1 Å². The Morgan fingerprint density at radius 3 is 2.38 bits per heavy atom. The van der Waals surface area contributed by atoms with Crippen molar-refractivity contribution in [3.63, 3.8) is 0 Å². The van der Waals surface area contributed by atoms with Crippen molar-refractivity contribution >= 4 is 0 Å². The van der Waals surface area contributed by atoms with Gasteiger partial charge in [0.05, 0.1) is 5.69 Å². The monoisotopic (exact) mass is 226 g/mol. The minimum atomic E-state index is -4.39. The topological polar surface area (TPSA) is 17.8 Å². The van der Waals surface area contributed by atoms with Crippen LogP contribution in [0.5, 0.6) is 0 Å². The number of hydrogen-bond donors (Lipinski definition) is 0. The maximum atomic E-state index is 12.3. The Morgan fingerprint density at radius 1 is 1.12 bits per heavy atom. The van der Waals surface area contributed by atoms with Crippen molar-refractivity contribution in [2.75, 3.05) is 0 Å². The maximum Gasteiger partial charge on any atom is 0.435 e. The number of para-hydroxylation sites is 1. The summed E-state index contributed by atoms with van der Waals surface area (Å²) in [6.45, 7) is 1.82. The molecule has 5 heteroatoms. The molecule has 2 aromatic rings. The molecule has 0 amide bonds. The molecule has 0 fully saturated rings. The number of benzene rings is 1. The molecule has 1 aromatic heterocycles. The predicted molar refractivity (Wildman–Crippen MR) is 53.3 cm³/mol. The van der Waals surface area contributed by atoms with Crippen LogP contribution in [0, 0.1) is 6.92 Å². The van der Waals surface area contributed by atoms with Crippen molar-refractivity contribution in [3.8, 4) is 5.69 Å². The first-order valence-corrected chi connectivity index (χ1v) is 4.67. The Morgan fingerprint density at radius 2 is 1.81 bits per heavy atom. The van der Waals surface area contributed by atoms with Crippen LogP contribution < -0.4 is 0 Å². The molecule has 0 radical (unpaired) electrons. The molecule has 1 aromatic carbocycles. The van der Waals surface area contributed by atoms with Crippen molar-refractivity contribution in [1.82, 2.24) is 9.78 Å². The van der Waals surface area contributed by atoms with Gasteiger partial charge >= 0.3 is 6.18 Å². The van der Waals surface area contributed by atoms with Crippen LogP contribution in [0.3, 0.4) is 0 Å². The van der Waals surface area contributed by atoms with Gasteiger partial charge in [0.1, 0.15) is 0 Å². The molecule has 0 aliphatic heterocycles. The van der Waals surface area contributed by atoms with Gasteiger partial charge in [0, 0.05) is 6.20 Å². The molecule has 0 N–H and O–H groups in total. The summed E-state index contributed by atoms with van der Waals surface area (Å²) in [6, 6.07) is 8.10. The molecule has 0 bridgehead atoms. The lowest BCUT2D eigenvalue weighted by Gasteiger charge is -2.05. The second kappa shape index (κ2) is 3.66. The van der Waals surface area contributed by atoms with Crippen molar-refractivity contribution in [2.45, 2.75) is 13.1 Å². The van der Waals surface area contributed by atoms with Gasteiger partial charge in [-0.1, -0.05) is 18.2 Å². The number of alkyl halides is 3. The van der Waals surface area contributed by atoms with Gasteiger partial charge in [-0.05, 0) is 24.6 Å². The average Bonchev–Trinajstić information content (AvgIpc) is 2.66. The van der Waals surface area contributed by atoms with E-state index in [1.807, 2.05) is 19.1 Å². The van der Waals surface area contributed by atoms with Crippen LogP contribution in [0.1, 0.15) is 11.3 Å². The van der Waals surface area contributed by atoms with Crippen molar-refractivity contribution < 1.29 is 13.2 Å². The summed E-state index contributed by atoms with van der Waals surface area (Å²) in [4.78, 5) is 0. The Labute approximate surface area is 90.3 Å². The summed E-state index contributed by atoms with van der Waals surface area (Å²) in [5, 5.41) is 3.50. The normalized spacial score (nSPS) is 11.8. The van der Waals surface area contributed by atoms with Gasteiger partial charge in [-0.25, -0.2) is 4.68 Å². The molecular weight excluding hydrogens is 217 g/mol. The van der Waals surface area contributed by atoms with Crippen LogP contribution in [0.4, 0.5) is 13.2 Å². The zero-order valence-electron chi connectivity index (χ0n) is 8.49. The van der Waals surface area contributed by atoms with E-state index >= 15 is 0 Å². The minimum absolute atomic E-state index is 0.651. The number of halogens is 3. The van der Waals surface area contributed by atoms with Gasteiger partial charge in [-0.15, -0.1) is 0 Å². The number of rotatable bonds is 1. The highest BCUT2D eigenvalue weighted by molar-refractivity contribution is 5.39. The number of aryl methyl sites for hydroxylation is 1. The maximum absolute atomic E-state index is 12.3. The van der Waals surface area contributed by atoms with Crippen LogP contribution in [0.2, 0.25) is 0 Å².